The van der Waals surface area contributed by atoms with Gasteiger partial charge in [0.25, 0.3) is 0 Å². The second-order valence-corrected chi connectivity index (χ2v) is 5.54. The minimum atomic E-state index is -0.292. The molecule has 1 aromatic rings. The van der Waals surface area contributed by atoms with Crippen molar-refractivity contribution >= 4 is 0 Å². The molecule has 0 atom stereocenters. The lowest BCUT2D eigenvalue weighted by Crippen LogP contribution is -2.41. The van der Waals surface area contributed by atoms with Crippen LogP contribution in [0.3, 0.4) is 0 Å². The van der Waals surface area contributed by atoms with E-state index < -0.39 is 0 Å². The van der Waals surface area contributed by atoms with Crippen molar-refractivity contribution in [3.05, 3.63) is 29.1 Å². The predicted molar refractivity (Wildman–Crippen MR) is 70.0 cm³/mol. The Hall–Kier alpha value is -1.13. The van der Waals surface area contributed by atoms with E-state index in [0.717, 1.165) is 19.3 Å². The molecular weight excluding hydrogens is 231 g/mol. The number of nitrogens with zero attached hydrogens (tertiary/aromatic N) is 1. The fraction of sp³-hybridized carbons (Fsp3) is 0.571. The largest absolute Gasteiger partial charge is 0.507 e. The van der Waals surface area contributed by atoms with Gasteiger partial charge in [0.2, 0.25) is 0 Å². The lowest BCUT2D eigenvalue weighted by molar-refractivity contribution is 0.243. The van der Waals surface area contributed by atoms with Crippen LogP contribution >= 0.6 is 0 Å². The van der Waals surface area contributed by atoms with Gasteiger partial charge in [0.05, 0.1) is 0 Å². The van der Waals surface area contributed by atoms with Crippen LogP contribution in [0.1, 0.15) is 30.4 Å². The first-order valence-corrected chi connectivity index (χ1v) is 6.35. The van der Waals surface area contributed by atoms with Gasteiger partial charge in [-0.2, -0.15) is 0 Å². The molecule has 18 heavy (non-hydrogen) atoms. The summed E-state index contributed by atoms with van der Waals surface area (Å²) in [7, 11) is 3.79. The first-order valence-electron chi connectivity index (χ1n) is 6.35. The molecule has 0 unspecified atom stereocenters. The molecule has 0 heterocycles. The normalized spacial score (nSPS) is 17.8. The Morgan fingerprint density at radius 2 is 2.06 bits per heavy atom. The molecule has 1 fully saturated rings. The highest BCUT2D eigenvalue weighted by atomic mass is 19.1. The molecule has 0 saturated heterocycles. The number of aromatic hydroxyl groups is 1. The van der Waals surface area contributed by atoms with Crippen LogP contribution in [-0.4, -0.2) is 30.6 Å². The highest BCUT2D eigenvalue weighted by Gasteiger charge is 2.40. The van der Waals surface area contributed by atoms with E-state index in [0.29, 0.717) is 24.2 Å². The van der Waals surface area contributed by atoms with Crippen LogP contribution in [-0.2, 0) is 12.0 Å². The molecule has 3 nitrogen and oxygen atoms in total. The second kappa shape index (κ2) is 4.86. The van der Waals surface area contributed by atoms with Crippen LogP contribution in [0.25, 0.3) is 0 Å². The first kappa shape index (κ1) is 13.3. The Morgan fingerprint density at radius 1 is 1.39 bits per heavy atom. The molecule has 0 aliphatic heterocycles. The van der Waals surface area contributed by atoms with E-state index >= 15 is 0 Å². The van der Waals surface area contributed by atoms with Crippen molar-refractivity contribution < 1.29 is 9.50 Å². The second-order valence-electron chi connectivity index (χ2n) is 5.54. The summed E-state index contributed by atoms with van der Waals surface area (Å²) >= 11 is 0. The Bertz CT molecular complexity index is 436. The predicted octanol–water partition coefficient (Wildman–Crippen LogP) is 1.97. The van der Waals surface area contributed by atoms with E-state index in [1.54, 1.807) is 0 Å². The number of phenolic OH excluding ortho intramolecular Hbond substituents is 1. The van der Waals surface area contributed by atoms with Crippen LogP contribution in [0, 0.1) is 5.82 Å². The summed E-state index contributed by atoms with van der Waals surface area (Å²) in [5, 5.41) is 10.3. The molecule has 0 radical (unpaired) electrons. The van der Waals surface area contributed by atoms with Gasteiger partial charge >= 0.3 is 0 Å². The fourth-order valence-electron chi connectivity index (χ4n) is 2.71. The van der Waals surface area contributed by atoms with Gasteiger partial charge in [-0.25, -0.2) is 4.39 Å². The number of rotatable bonds is 4. The average molecular weight is 252 g/mol. The van der Waals surface area contributed by atoms with E-state index in [1.165, 1.54) is 12.1 Å². The number of phenols is 1. The molecule has 0 amide bonds. The fourth-order valence-corrected chi connectivity index (χ4v) is 2.71. The Balaban J connectivity index is 2.44. The zero-order chi connectivity index (χ0) is 13.3. The van der Waals surface area contributed by atoms with Gasteiger partial charge in [-0.05, 0) is 39.1 Å². The monoisotopic (exact) mass is 252 g/mol. The quantitative estimate of drug-likeness (QED) is 0.861. The molecule has 0 bridgehead atoms. The number of hydrogen-bond acceptors (Lipinski definition) is 3. The van der Waals surface area contributed by atoms with Crippen molar-refractivity contribution in [2.75, 3.05) is 20.6 Å². The SMILES string of the molecule is CN(C)Cc1cc(F)cc(C2(CN)CCC2)c1O. The zero-order valence-corrected chi connectivity index (χ0v) is 11.0. The maximum absolute atomic E-state index is 13.7. The summed E-state index contributed by atoms with van der Waals surface area (Å²) in [6.07, 6.45) is 2.96. The third kappa shape index (κ3) is 2.22. The van der Waals surface area contributed by atoms with Gasteiger partial charge < -0.3 is 15.7 Å². The molecular formula is C14H21FN2O. The summed E-state index contributed by atoms with van der Waals surface area (Å²) < 4.78 is 13.7. The standard InChI is InChI=1S/C14H21FN2O/c1-17(2)8-10-6-11(15)7-12(13(10)18)14(9-16)4-3-5-14/h6-7,18H,3-5,8-9,16H2,1-2H3. The van der Waals surface area contributed by atoms with Crippen molar-refractivity contribution in [1.82, 2.24) is 4.90 Å². The minimum Gasteiger partial charge on any atom is -0.507 e. The molecule has 100 valence electrons. The molecule has 1 aliphatic rings. The molecule has 1 aliphatic carbocycles. The van der Waals surface area contributed by atoms with Crippen LogP contribution in [0.15, 0.2) is 12.1 Å². The summed E-state index contributed by atoms with van der Waals surface area (Å²) in [5.41, 5.74) is 6.93. The minimum absolute atomic E-state index is 0.215. The van der Waals surface area contributed by atoms with Crippen molar-refractivity contribution in [3.8, 4) is 5.75 Å². The molecule has 2 rings (SSSR count). The van der Waals surface area contributed by atoms with E-state index in [4.69, 9.17) is 5.73 Å². The molecule has 0 aromatic heterocycles. The number of halogens is 1. The van der Waals surface area contributed by atoms with E-state index in [1.807, 2.05) is 19.0 Å². The van der Waals surface area contributed by atoms with Crippen molar-refractivity contribution in [3.63, 3.8) is 0 Å². The van der Waals surface area contributed by atoms with Gasteiger partial charge in [0.1, 0.15) is 11.6 Å². The Labute approximate surface area is 107 Å². The average Bonchev–Trinajstić information content (AvgIpc) is 2.23. The van der Waals surface area contributed by atoms with Gasteiger partial charge in [-0.3, -0.25) is 0 Å². The molecule has 4 heteroatoms. The Kier molecular flexibility index (Phi) is 3.59. The number of benzene rings is 1. The van der Waals surface area contributed by atoms with Gasteiger partial charge in [0, 0.05) is 29.6 Å². The van der Waals surface area contributed by atoms with Gasteiger partial charge in [0.15, 0.2) is 0 Å². The highest BCUT2D eigenvalue weighted by Crippen LogP contribution is 2.47. The zero-order valence-electron chi connectivity index (χ0n) is 11.0. The van der Waals surface area contributed by atoms with Gasteiger partial charge in [-0.1, -0.05) is 6.42 Å². The number of hydrogen-bond donors (Lipinski definition) is 2. The topological polar surface area (TPSA) is 49.5 Å². The molecule has 3 N–H and O–H groups in total. The molecule has 1 aromatic carbocycles. The lowest BCUT2D eigenvalue weighted by atomic mass is 9.64. The van der Waals surface area contributed by atoms with E-state index in [-0.39, 0.29) is 17.0 Å². The number of nitrogens with two attached hydrogens (primary N) is 1. The Morgan fingerprint density at radius 3 is 2.50 bits per heavy atom. The maximum Gasteiger partial charge on any atom is 0.124 e. The van der Waals surface area contributed by atoms with Crippen LogP contribution in [0.5, 0.6) is 5.75 Å². The van der Waals surface area contributed by atoms with Crippen molar-refractivity contribution in [1.29, 1.82) is 0 Å². The van der Waals surface area contributed by atoms with E-state index in [2.05, 4.69) is 0 Å². The van der Waals surface area contributed by atoms with Crippen LogP contribution in [0.4, 0.5) is 4.39 Å². The highest BCUT2D eigenvalue weighted by molar-refractivity contribution is 5.46. The first-order chi connectivity index (χ1) is 8.48. The summed E-state index contributed by atoms with van der Waals surface area (Å²) in [6, 6.07) is 2.85. The summed E-state index contributed by atoms with van der Waals surface area (Å²) in [5.74, 6) is -0.0744. The van der Waals surface area contributed by atoms with Crippen molar-refractivity contribution in [2.24, 2.45) is 5.73 Å². The summed E-state index contributed by atoms with van der Waals surface area (Å²) in [4.78, 5) is 1.91. The third-order valence-corrected chi connectivity index (χ3v) is 3.91. The van der Waals surface area contributed by atoms with Crippen LogP contribution < -0.4 is 5.73 Å². The smallest absolute Gasteiger partial charge is 0.124 e. The van der Waals surface area contributed by atoms with Crippen molar-refractivity contribution in [2.45, 2.75) is 31.2 Å². The molecule has 1 saturated carbocycles. The lowest BCUT2D eigenvalue weighted by Gasteiger charge is -2.42. The van der Waals surface area contributed by atoms with Gasteiger partial charge in [-0.15, -0.1) is 0 Å². The summed E-state index contributed by atoms with van der Waals surface area (Å²) in [6.45, 7) is 0.989. The van der Waals surface area contributed by atoms with E-state index in [9.17, 15) is 9.50 Å². The molecule has 0 spiro atoms. The third-order valence-electron chi connectivity index (χ3n) is 3.91. The van der Waals surface area contributed by atoms with Crippen LogP contribution in [0.2, 0.25) is 0 Å². The maximum atomic E-state index is 13.7.